The Labute approximate surface area is 106 Å². The van der Waals surface area contributed by atoms with E-state index in [1.54, 1.807) is 12.1 Å². The number of hydrogen-bond donors (Lipinski definition) is 2. The molecule has 0 amide bonds. The van der Waals surface area contributed by atoms with Gasteiger partial charge < -0.3 is 20.3 Å². The van der Waals surface area contributed by atoms with Crippen LogP contribution in [0.2, 0.25) is 0 Å². The lowest BCUT2D eigenvalue weighted by Crippen LogP contribution is -2.23. The first-order valence-electron chi connectivity index (χ1n) is 5.93. The number of fused-ring (bicyclic) bond motifs is 1. The van der Waals surface area contributed by atoms with Crippen molar-refractivity contribution in [1.29, 1.82) is 0 Å². The van der Waals surface area contributed by atoms with Gasteiger partial charge >= 0.3 is 0 Å². The Morgan fingerprint density at radius 2 is 2.06 bits per heavy atom. The molecule has 1 aromatic rings. The predicted molar refractivity (Wildman–Crippen MR) is 65.6 cm³/mol. The summed E-state index contributed by atoms with van der Waals surface area (Å²) >= 11 is 0. The van der Waals surface area contributed by atoms with Gasteiger partial charge in [0.25, 0.3) is 0 Å². The van der Waals surface area contributed by atoms with Crippen LogP contribution in [0.5, 0.6) is 11.5 Å². The molecule has 1 unspecified atom stereocenters. The molecule has 0 bridgehead atoms. The van der Waals surface area contributed by atoms with Crippen molar-refractivity contribution in [1.82, 2.24) is 0 Å². The van der Waals surface area contributed by atoms with Crippen LogP contribution in [0.15, 0.2) is 12.1 Å². The van der Waals surface area contributed by atoms with E-state index in [0.717, 1.165) is 0 Å². The Morgan fingerprint density at radius 1 is 1.39 bits per heavy atom. The number of halogens is 1. The summed E-state index contributed by atoms with van der Waals surface area (Å²) in [6, 6.07) is 2.65. The molecule has 0 aliphatic carbocycles. The highest BCUT2D eigenvalue weighted by molar-refractivity contribution is 5.52. The van der Waals surface area contributed by atoms with E-state index in [1.165, 1.54) is 13.8 Å². The molecule has 2 rings (SSSR count). The quantitative estimate of drug-likeness (QED) is 0.862. The summed E-state index contributed by atoms with van der Waals surface area (Å²) in [7, 11) is 0. The van der Waals surface area contributed by atoms with E-state index in [0.29, 0.717) is 35.8 Å². The summed E-state index contributed by atoms with van der Waals surface area (Å²) in [5.74, 6) is 0.999. The molecule has 3 N–H and O–H groups in total. The van der Waals surface area contributed by atoms with Crippen LogP contribution < -0.4 is 15.2 Å². The fourth-order valence-corrected chi connectivity index (χ4v) is 1.90. The van der Waals surface area contributed by atoms with Crippen molar-refractivity contribution < 1.29 is 19.0 Å². The first kappa shape index (κ1) is 13.1. The standard InChI is InChI=1S/C13H18FNO3/c1-13(2,14)8-5-9(10(15)7-16)12-11(6-8)17-3-4-18-12/h5-6,10,16H,3-4,7,15H2,1-2H3. The monoisotopic (exact) mass is 255 g/mol. The van der Waals surface area contributed by atoms with Crippen molar-refractivity contribution in [3.05, 3.63) is 23.3 Å². The van der Waals surface area contributed by atoms with Gasteiger partial charge in [0.15, 0.2) is 11.5 Å². The summed E-state index contributed by atoms with van der Waals surface area (Å²) in [6.45, 7) is 3.55. The Kier molecular flexibility index (Phi) is 3.45. The fraction of sp³-hybridized carbons (Fsp3) is 0.538. The van der Waals surface area contributed by atoms with Gasteiger partial charge in [0.2, 0.25) is 0 Å². The number of aliphatic hydroxyl groups excluding tert-OH is 1. The van der Waals surface area contributed by atoms with E-state index in [4.69, 9.17) is 20.3 Å². The van der Waals surface area contributed by atoms with Gasteiger partial charge in [-0.15, -0.1) is 0 Å². The lowest BCUT2D eigenvalue weighted by Gasteiger charge is -2.26. The van der Waals surface area contributed by atoms with Crippen molar-refractivity contribution in [2.75, 3.05) is 19.8 Å². The molecule has 1 heterocycles. The fourth-order valence-electron chi connectivity index (χ4n) is 1.90. The average Bonchev–Trinajstić information content (AvgIpc) is 2.35. The van der Waals surface area contributed by atoms with Crippen LogP contribution >= 0.6 is 0 Å². The molecule has 4 nitrogen and oxygen atoms in total. The van der Waals surface area contributed by atoms with E-state index in [1.807, 2.05) is 0 Å². The topological polar surface area (TPSA) is 64.7 Å². The molecule has 5 heteroatoms. The summed E-state index contributed by atoms with van der Waals surface area (Å²) in [5, 5.41) is 9.17. The zero-order chi connectivity index (χ0) is 13.3. The maximum atomic E-state index is 14.0. The van der Waals surface area contributed by atoms with E-state index >= 15 is 0 Å². The van der Waals surface area contributed by atoms with E-state index in [-0.39, 0.29) is 6.61 Å². The van der Waals surface area contributed by atoms with Crippen molar-refractivity contribution in [3.63, 3.8) is 0 Å². The molecule has 0 saturated heterocycles. The molecule has 0 fully saturated rings. The minimum absolute atomic E-state index is 0.230. The third-order valence-electron chi connectivity index (χ3n) is 2.95. The van der Waals surface area contributed by atoms with Crippen LogP contribution in [-0.4, -0.2) is 24.9 Å². The number of benzene rings is 1. The summed E-state index contributed by atoms with van der Waals surface area (Å²) in [5.41, 5.74) is 5.36. The molecule has 0 radical (unpaired) electrons. The minimum Gasteiger partial charge on any atom is -0.486 e. The highest BCUT2D eigenvalue weighted by atomic mass is 19.1. The maximum Gasteiger partial charge on any atom is 0.166 e. The molecule has 0 aromatic heterocycles. The van der Waals surface area contributed by atoms with E-state index in [9.17, 15) is 4.39 Å². The zero-order valence-corrected chi connectivity index (χ0v) is 10.6. The summed E-state index contributed by atoms with van der Waals surface area (Å²) < 4.78 is 25.0. The van der Waals surface area contributed by atoms with Crippen molar-refractivity contribution >= 4 is 0 Å². The van der Waals surface area contributed by atoms with Gasteiger partial charge in [-0.25, -0.2) is 4.39 Å². The SMILES string of the molecule is CC(C)(F)c1cc2c(c(C(N)CO)c1)OCCO2. The number of nitrogens with two attached hydrogens (primary N) is 1. The maximum absolute atomic E-state index is 14.0. The second-order valence-electron chi connectivity index (χ2n) is 4.85. The number of alkyl halides is 1. The number of ether oxygens (including phenoxy) is 2. The molecule has 0 saturated carbocycles. The molecule has 18 heavy (non-hydrogen) atoms. The van der Waals surface area contributed by atoms with Crippen molar-refractivity contribution in [3.8, 4) is 11.5 Å². The van der Waals surface area contributed by atoms with E-state index < -0.39 is 11.7 Å². The number of hydrogen-bond acceptors (Lipinski definition) is 4. The van der Waals surface area contributed by atoms with Gasteiger partial charge in [0.05, 0.1) is 12.6 Å². The minimum atomic E-state index is -1.50. The van der Waals surface area contributed by atoms with E-state index in [2.05, 4.69) is 0 Å². The molecular weight excluding hydrogens is 237 g/mol. The van der Waals surface area contributed by atoms with Crippen LogP contribution in [0.1, 0.15) is 31.0 Å². The number of aliphatic hydroxyl groups is 1. The zero-order valence-electron chi connectivity index (χ0n) is 10.6. The Hall–Kier alpha value is -1.33. The highest BCUT2D eigenvalue weighted by Gasteiger charge is 2.27. The largest absolute Gasteiger partial charge is 0.486 e. The molecule has 100 valence electrons. The van der Waals surface area contributed by atoms with Crippen molar-refractivity contribution in [2.24, 2.45) is 5.73 Å². The Morgan fingerprint density at radius 3 is 2.67 bits per heavy atom. The van der Waals surface area contributed by atoms with Gasteiger partial charge in [-0.2, -0.15) is 0 Å². The second kappa shape index (κ2) is 4.74. The highest BCUT2D eigenvalue weighted by Crippen LogP contribution is 2.41. The third kappa shape index (κ3) is 2.42. The van der Waals surface area contributed by atoms with Crippen LogP contribution in [0.4, 0.5) is 4.39 Å². The molecule has 1 aliphatic heterocycles. The van der Waals surface area contributed by atoms with Gasteiger partial charge in [-0.05, 0) is 31.5 Å². The lowest BCUT2D eigenvalue weighted by atomic mass is 9.94. The normalized spacial score (nSPS) is 16.5. The second-order valence-corrected chi connectivity index (χ2v) is 4.85. The Bertz CT molecular complexity index is 443. The number of rotatable bonds is 3. The lowest BCUT2D eigenvalue weighted by molar-refractivity contribution is 0.164. The Balaban J connectivity index is 2.55. The smallest absolute Gasteiger partial charge is 0.166 e. The first-order valence-corrected chi connectivity index (χ1v) is 5.93. The summed E-state index contributed by atoms with van der Waals surface area (Å²) in [4.78, 5) is 0. The molecule has 0 spiro atoms. The predicted octanol–water partition coefficient (Wildman–Crippen LogP) is 1.65. The summed E-state index contributed by atoms with van der Waals surface area (Å²) in [6.07, 6.45) is 0. The van der Waals surface area contributed by atoms with Crippen LogP contribution in [0.25, 0.3) is 0 Å². The van der Waals surface area contributed by atoms with Crippen LogP contribution in [-0.2, 0) is 5.67 Å². The van der Waals surface area contributed by atoms with Gasteiger partial charge in [0.1, 0.15) is 18.9 Å². The van der Waals surface area contributed by atoms with Crippen LogP contribution in [0, 0.1) is 0 Å². The van der Waals surface area contributed by atoms with Crippen LogP contribution in [0.3, 0.4) is 0 Å². The molecule has 1 aromatic carbocycles. The first-order chi connectivity index (χ1) is 8.43. The van der Waals surface area contributed by atoms with Gasteiger partial charge in [0, 0.05) is 5.56 Å². The third-order valence-corrected chi connectivity index (χ3v) is 2.95. The van der Waals surface area contributed by atoms with Crippen molar-refractivity contribution in [2.45, 2.75) is 25.6 Å². The van der Waals surface area contributed by atoms with Gasteiger partial charge in [-0.3, -0.25) is 0 Å². The molecule has 1 aliphatic rings. The molecule has 1 atom stereocenters. The average molecular weight is 255 g/mol. The van der Waals surface area contributed by atoms with Gasteiger partial charge in [-0.1, -0.05) is 0 Å². The molecular formula is C13H18FNO3.